The Morgan fingerprint density at radius 2 is 1.84 bits per heavy atom. The Morgan fingerprint density at radius 1 is 1.23 bits per heavy atom. The first-order valence-corrected chi connectivity index (χ1v) is 9.96. The van der Waals surface area contributed by atoms with Crippen LogP contribution in [-0.4, -0.2) is 48.5 Å². The van der Waals surface area contributed by atoms with Crippen molar-refractivity contribution in [2.75, 3.05) is 33.1 Å². The zero-order chi connectivity index (χ0) is 23.6. The molecule has 31 heavy (non-hydrogen) atoms. The van der Waals surface area contributed by atoms with Crippen LogP contribution in [0.25, 0.3) is 11.8 Å². The molecule has 8 N–H and O–H groups in total. The molecule has 3 rings (SSSR count). The number of benzene rings is 1. The van der Waals surface area contributed by atoms with Crippen LogP contribution in [0.4, 0.5) is 5.82 Å². The third-order valence-electron chi connectivity index (χ3n) is 4.18. The maximum Gasteiger partial charge on any atom is 0.243 e. The molecule has 2 aromatic rings. The molecule has 1 aromatic heterocycles. The number of carbonyl (C=O) groups excluding carboxylic acids is 1. The standard InChI is InChI=1S/C13H15N3O.C5H10O.C4H7NO.CH4O/c1-8-7-16-13(15)10(8)6-11(14)9-4-2-3-5-12(9)17;1-2-4-6-5-3-1;1-3-4(6)5-2;1-2/h2-7,16-17H,14-15H2,1H3;1-5H2;3H,1H2,2H3,(H,5,6);2H,1H3/b11-6-;;;. The first-order chi connectivity index (χ1) is 14.9. The molecule has 8 heteroatoms. The van der Waals surface area contributed by atoms with E-state index in [-0.39, 0.29) is 11.7 Å². The molecule has 0 atom stereocenters. The number of hydrogen-bond acceptors (Lipinski definition) is 6. The largest absolute Gasteiger partial charge is 0.507 e. The average molecular weight is 433 g/mol. The van der Waals surface area contributed by atoms with E-state index in [1.165, 1.54) is 25.3 Å². The van der Waals surface area contributed by atoms with Gasteiger partial charge in [0.25, 0.3) is 0 Å². The molecule has 0 aliphatic carbocycles. The molecule has 0 bridgehead atoms. The summed E-state index contributed by atoms with van der Waals surface area (Å²) in [5.41, 5.74) is 14.7. The van der Waals surface area contributed by atoms with Gasteiger partial charge >= 0.3 is 0 Å². The number of amides is 1. The van der Waals surface area contributed by atoms with E-state index in [0.717, 1.165) is 31.5 Å². The van der Waals surface area contributed by atoms with Crippen molar-refractivity contribution in [2.45, 2.75) is 26.2 Å². The highest BCUT2D eigenvalue weighted by atomic mass is 16.5. The van der Waals surface area contributed by atoms with Gasteiger partial charge in [0.05, 0.1) is 0 Å². The number of aromatic hydroxyl groups is 1. The predicted molar refractivity (Wildman–Crippen MR) is 127 cm³/mol. The molecule has 1 amide bonds. The summed E-state index contributed by atoms with van der Waals surface area (Å²) in [6.07, 6.45) is 8.73. The first kappa shape index (κ1) is 27.8. The molecule has 1 aliphatic heterocycles. The number of carbonyl (C=O) groups is 1. The Labute approximate surface area is 184 Å². The highest BCUT2D eigenvalue weighted by Gasteiger charge is 2.06. The van der Waals surface area contributed by atoms with Crippen LogP contribution in [-0.2, 0) is 9.53 Å². The Kier molecular flexibility index (Phi) is 14.8. The van der Waals surface area contributed by atoms with E-state index < -0.39 is 0 Å². The molecule has 8 nitrogen and oxygen atoms in total. The summed E-state index contributed by atoms with van der Waals surface area (Å²) in [4.78, 5) is 12.9. The fourth-order valence-electron chi connectivity index (χ4n) is 2.49. The van der Waals surface area contributed by atoms with Gasteiger partial charge in [-0.25, -0.2) is 0 Å². The van der Waals surface area contributed by atoms with Crippen molar-refractivity contribution in [1.29, 1.82) is 0 Å². The molecule has 1 aliphatic rings. The number of nitrogens with one attached hydrogen (secondary N) is 2. The Morgan fingerprint density at radius 3 is 2.19 bits per heavy atom. The number of likely N-dealkylation sites (N-methyl/N-ethyl adjacent to an activating group) is 1. The van der Waals surface area contributed by atoms with Crippen molar-refractivity contribution in [3.05, 3.63) is 59.8 Å². The van der Waals surface area contributed by atoms with Gasteiger partial charge in [-0.15, -0.1) is 0 Å². The van der Waals surface area contributed by atoms with Crippen molar-refractivity contribution >= 4 is 23.5 Å². The molecule has 0 radical (unpaired) electrons. The molecule has 2 heterocycles. The Hall–Kier alpha value is -3.23. The second kappa shape index (κ2) is 16.6. The number of nitrogens with two attached hydrogens (primary N) is 2. The molecule has 0 saturated carbocycles. The quantitative estimate of drug-likeness (QED) is 0.411. The van der Waals surface area contributed by atoms with Gasteiger partial charge < -0.3 is 36.7 Å². The molecule has 0 unspecified atom stereocenters. The maximum atomic E-state index is 9.95. The van der Waals surface area contributed by atoms with Crippen molar-refractivity contribution in [3.8, 4) is 5.75 Å². The van der Waals surface area contributed by atoms with Crippen LogP contribution in [0.5, 0.6) is 5.75 Å². The summed E-state index contributed by atoms with van der Waals surface area (Å²) in [6.45, 7) is 7.16. The number of nitrogen functional groups attached to an aromatic ring is 1. The van der Waals surface area contributed by atoms with Crippen molar-refractivity contribution in [2.24, 2.45) is 5.73 Å². The van der Waals surface area contributed by atoms with E-state index in [2.05, 4.69) is 16.9 Å². The molecule has 0 spiro atoms. The lowest BCUT2D eigenvalue weighted by atomic mass is 10.1. The number of aliphatic hydroxyl groups excluding tert-OH is 1. The maximum absolute atomic E-state index is 9.95. The van der Waals surface area contributed by atoms with E-state index in [0.29, 0.717) is 17.1 Å². The number of hydrogen-bond donors (Lipinski definition) is 6. The molecular weight excluding hydrogens is 396 g/mol. The lowest BCUT2D eigenvalue weighted by molar-refractivity contribution is -0.116. The minimum absolute atomic E-state index is 0.144. The van der Waals surface area contributed by atoms with E-state index in [9.17, 15) is 9.90 Å². The summed E-state index contributed by atoms with van der Waals surface area (Å²) in [6, 6.07) is 6.94. The van der Waals surface area contributed by atoms with Crippen LogP contribution in [0.1, 0.15) is 36.0 Å². The lowest BCUT2D eigenvalue weighted by Gasteiger charge is -2.08. The number of phenols is 1. The monoisotopic (exact) mass is 432 g/mol. The third kappa shape index (κ3) is 10.9. The van der Waals surface area contributed by atoms with Crippen molar-refractivity contribution in [1.82, 2.24) is 10.3 Å². The Balaban J connectivity index is 0.000000528. The highest BCUT2D eigenvalue weighted by Crippen LogP contribution is 2.25. The second-order valence-electron chi connectivity index (χ2n) is 6.41. The molecule has 1 fully saturated rings. The number of rotatable bonds is 3. The molecule has 172 valence electrons. The number of aliphatic hydroxyl groups is 1. The van der Waals surface area contributed by atoms with Crippen molar-refractivity contribution in [3.63, 3.8) is 0 Å². The van der Waals surface area contributed by atoms with E-state index in [1.807, 2.05) is 19.2 Å². The molecular formula is C23H36N4O4. The van der Waals surface area contributed by atoms with Gasteiger partial charge in [-0.2, -0.15) is 0 Å². The van der Waals surface area contributed by atoms with Crippen LogP contribution in [0, 0.1) is 6.92 Å². The summed E-state index contributed by atoms with van der Waals surface area (Å²) >= 11 is 0. The number of para-hydroxylation sites is 1. The van der Waals surface area contributed by atoms with Crippen LogP contribution in [0.3, 0.4) is 0 Å². The van der Waals surface area contributed by atoms with E-state index in [1.54, 1.807) is 31.3 Å². The molecule has 1 saturated heterocycles. The van der Waals surface area contributed by atoms with Gasteiger partial charge in [-0.3, -0.25) is 4.79 Å². The minimum atomic E-state index is -0.144. The van der Waals surface area contributed by atoms with Gasteiger partial charge in [-0.1, -0.05) is 18.7 Å². The van der Waals surface area contributed by atoms with Crippen LogP contribution >= 0.6 is 0 Å². The second-order valence-corrected chi connectivity index (χ2v) is 6.41. The van der Waals surface area contributed by atoms with Crippen LogP contribution in [0.2, 0.25) is 0 Å². The topological polar surface area (TPSA) is 147 Å². The van der Waals surface area contributed by atoms with Gasteiger partial charge in [0.15, 0.2) is 0 Å². The fourth-order valence-corrected chi connectivity index (χ4v) is 2.49. The number of aromatic nitrogens is 1. The summed E-state index contributed by atoms with van der Waals surface area (Å²) in [7, 11) is 2.56. The van der Waals surface area contributed by atoms with E-state index >= 15 is 0 Å². The number of phenolic OH excluding ortho intramolecular Hbond substituents is 1. The van der Waals surface area contributed by atoms with Crippen LogP contribution in [0.15, 0.2) is 43.1 Å². The van der Waals surface area contributed by atoms with Crippen molar-refractivity contribution < 1.29 is 19.7 Å². The fraction of sp³-hybridized carbons (Fsp3) is 0.348. The summed E-state index contributed by atoms with van der Waals surface area (Å²) < 4.78 is 5.07. The average Bonchev–Trinajstić information content (AvgIpc) is 3.14. The zero-order valence-electron chi connectivity index (χ0n) is 18.6. The summed E-state index contributed by atoms with van der Waals surface area (Å²) in [5.74, 6) is 0.587. The lowest BCUT2D eigenvalue weighted by Crippen LogP contribution is -2.13. The number of ether oxygens (including phenoxy) is 1. The zero-order valence-corrected chi connectivity index (χ0v) is 18.6. The SMILES string of the molecule is C1CCOCC1.C=CC(=O)NC.CO.Cc1c[nH]c(N)c1/C=C(\N)c1ccccc1O. The highest BCUT2D eigenvalue weighted by molar-refractivity contribution is 5.86. The number of aromatic amines is 1. The van der Waals surface area contributed by atoms with Gasteiger partial charge in [0.1, 0.15) is 11.6 Å². The number of anilines is 1. The normalized spacial score (nSPS) is 12.6. The van der Waals surface area contributed by atoms with E-state index in [4.69, 9.17) is 21.3 Å². The minimum Gasteiger partial charge on any atom is -0.507 e. The molecule has 1 aromatic carbocycles. The van der Waals surface area contributed by atoms with Gasteiger partial charge in [0, 0.05) is 50.4 Å². The smallest absolute Gasteiger partial charge is 0.243 e. The third-order valence-corrected chi connectivity index (χ3v) is 4.18. The number of aryl methyl sites for hydroxylation is 1. The summed E-state index contributed by atoms with van der Waals surface area (Å²) in [5, 5.41) is 19.0. The van der Waals surface area contributed by atoms with Gasteiger partial charge in [0.2, 0.25) is 5.91 Å². The Bertz CT molecular complexity index is 781. The van der Waals surface area contributed by atoms with Gasteiger partial charge in [-0.05, 0) is 56.0 Å². The predicted octanol–water partition coefficient (Wildman–Crippen LogP) is 2.78. The van der Waals surface area contributed by atoms with Crippen LogP contribution < -0.4 is 16.8 Å². The number of H-pyrrole nitrogens is 1. The first-order valence-electron chi connectivity index (χ1n) is 9.96.